The van der Waals surface area contributed by atoms with Crippen molar-refractivity contribution in [2.45, 2.75) is 20.3 Å². The number of halogens is 1. The molecule has 0 heterocycles. The number of hydrogen-bond acceptors (Lipinski definition) is 2. The third-order valence-electron chi connectivity index (χ3n) is 3.02. The average molecular weight is 276 g/mol. The van der Waals surface area contributed by atoms with Gasteiger partial charge in [0, 0.05) is 5.02 Å². The van der Waals surface area contributed by atoms with Crippen LogP contribution < -0.4 is 10.5 Å². The van der Waals surface area contributed by atoms with E-state index in [0.29, 0.717) is 6.54 Å². The molecule has 2 rings (SSSR count). The molecule has 0 aliphatic carbocycles. The van der Waals surface area contributed by atoms with Gasteiger partial charge in [0.15, 0.2) is 0 Å². The summed E-state index contributed by atoms with van der Waals surface area (Å²) in [5, 5.41) is 0.734. The lowest BCUT2D eigenvalue weighted by Crippen LogP contribution is -2.04. The number of para-hydroxylation sites is 1. The minimum Gasteiger partial charge on any atom is -0.457 e. The molecule has 0 unspecified atom stereocenters. The second-order valence-electron chi connectivity index (χ2n) is 4.62. The maximum absolute atomic E-state index is 6.06. The Morgan fingerprint density at radius 3 is 2.37 bits per heavy atom. The molecular weight excluding hydrogens is 258 g/mol. The van der Waals surface area contributed by atoms with E-state index in [1.807, 2.05) is 50.2 Å². The quantitative estimate of drug-likeness (QED) is 0.905. The van der Waals surface area contributed by atoms with Crippen LogP contribution in [0.2, 0.25) is 5.02 Å². The van der Waals surface area contributed by atoms with Crippen molar-refractivity contribution >= 4 is 11.6 Å². The Kier molecular flexibility index (Phi) is 4.46. The third kappa shape index (κ3) is 3.28. The van der Waals surface area contributed by atoms with Gasteiger partial charge in [0.1, 0.15) is 11.5 Å². The van der Waals surface area contributed by atoms with Crippen molar-refractivity contribution in [3.8, 4) is 11.5 Å². The van der Waals surface area contributed by atoms with Crippen molar-refractivity contribution in [1.29, 1.82) is 0 Å². The van der Waals surface area contributed by atoms with E-state index in [1.54, 1.807) is 0 Å². The molecule has 100 valence electrons. The van der Waals surface area contributed by atoms with Gasteiger partial charge in [-0.1, -0.05) is 29.8 Å². The summed E-state index contributed by atoms with van der Waals surface area (Å²) in [6.45, 7) is 4.61. The van der Waals surface area contributed by atoms with E-state index in [0.717, 1.165) is 39.6 Å². The normalized spacial score (nSPS) is 10.5. The van der Waals surface area contributed by atoms with Gasteiger partial charge in [-0.15, -0.1) is 0 Å². The lowest BCUT2D eigenvalue weighted by molar-refractivity contribution is 0.469. The summed E-state index contributed by atoms with van der Waals surface area (Å²) in [5.41, 5.74) is 8.82. The van der Waals surface area contributed by atoms with Crippen molar-refractivity contribution in [2.75, 3.05) is 6.54 Å². The summed E-state index contributed by atoms with van der Waals surface area (Å²) in [5.74, 6) is 1.73. The summed E-state index contributed by atoms with van der Waals surface area (Å²) in [6.07, 6.45) is 0.807. The predicted molar refractivity (Wildman–Crippen MR) is 80.2 cm³/mol. The monoisotopic (exact) mass is 275 g/mol. The van der Waals surface area contributed by atoms with Crippen molar-refractivity contribution in [1.82, 2.24) is 0 Å². The Hall–Kier alpha value is -1.51. The fourth-order valence-corrected chi connectivity index (χ4v) is 2.46. The molecule has 3 heteroatoms. The molecule has 2 N–H and O–H groups in total. The van der Waals surface area contributed by atoms with Gasteiger partial charge in [-0.2, -0.15) is 0 Å². The Balaban J connectivity index is 2.36. The summed E-state index contributed by atoms with van der Waals surface area (Å²) in [7, 11) is 0. The van der Waals surface area contributed by atoms with Crippen LogP contribution >= 0.6 is 11.6 Å². The van der Waals surface area contributed by atoms with Crippen LogP contribution in [0.25, 0.3) is 0 Å². The number of hydrogen-bond donors (Lipinski definition) is 1. The first kappa shape index (κ1) is 13.9. The van der Waals surface area contributed by atoms with E-state index in [1.165, 1.54) is 0 Å². The maximum atomic E-state index is 6.06. The highest BCUT2D eigenvalue weighted by Gasteiger charge is 2.09. The molecule has 0 spiro atoms. The summed E-state index contributed by atoms with van der Waals surface area (Å²) >= 11 is 6.03. The Morgan fingerprint density at radius 2 is 1.74 bits per heavy atom. The smallest absolute Gasteiger partial charge is 0.133 e. The molecule has 2 nitrogen and oxygen atoms in total. The summed E-state index contributed by atoms with van der Waals surface area (Å²) in [4.78, 5) is 0. The molecular formula is C16H18ClNO. The molecule has 0 saturated heterocycles. The molecule has 0 amide bonds. The third-order valence-corrected chi connectivity index (χ3v) is 3.24. The van der Waals surface area contributed by atoms with Gasteiger partial charge < -0.3 is 10.5 Å². The molecule has 0 fully saturated rings. The predicted octanol–water partition coefficient (Wildman–Crippen LogP) is 4.25. The van der Waals surface area contributed by atoms with E-state index in [-0.39, 0.29) is 0 Å². The van der Waals surface area contributed by atoms with Gasteiger partial charge in [0.05, 0.1) is 0 Å². The van der Waals surface area contributed by atoms with Crippen molar-refractivity contribution < 1.29 is 4.74 Å². The van der Waals surface area contributed by atoms with Crippen LogP contribution in [0.5, 0.6) is 11.5 Å². The van der Waals surface area contributed by atoms with E-state index in [9.17, 15) is 0 Å². The second kappa shape index (κ2) is 6.09. The molecule has 0 aromatic heterocycles. The lowest BCUT2D eigenvalue weighted by Gasteiger charge is -2.15. The average Bonchev–Trinajstić information content (AvgIpc) is 2.36. The van der Waals surface area contributed by atoms with E-state index in [4.69, 9.17) is 22.1 Å². The summed E-state index contributed by atoms with van der Waals surface area (Å²) in [6, 6.07) is 11.8. The standard InChI is InChI=1S/C16H18ClNO/c1-11-9-14(17)10-12(2)16(11)19-15-6-4-3-5-13(15)7-8-18/h3-6,9-10H,7-8,18H2,1-2H3. The van der Waals surface area contributed by atoms with Crippen molar-refractivity contribution in [2.24, 2.45) is 5.73 Å². The fraction of sp³-hybridized carbons (Fsp3) is 0.250. The van der Waals surface area contributed by atoms with Gasteiger partial charge in [-0.3, -0.25) is 0 Å². The molecule has 0 bridgehead atoms. The molecule has 0 saturated carbocycles. The van der Waals surface area contributed by atoms with E-state index < -0.39 is 0 Å². The second-order valence-corrected chi connectivity index (χ2v) is 5.05. The SMILES string of the molecule is Cc1cc(Cl)cc(C)c1Oc1ccccc1CCN. The summed E-state index contributed by atoms with van der Waals surface area (Å²) < 4.78 is 6.06. The first-order chi connectivity index (χ1) is 9.11. The molecule has 0 radical (unpaired) electrons. The molecule has 0 aliphatic heterocycles. The van der Waals surface area contributed by atoms with Gasteiger partial charge in [0.25, 0.3) is 0 Å². The van der Waals surface area contributed by atoms with Crippen LogP contribution in [0, 0.1) is 13.8 Å². The van der Waals surface area contributed by atoms with Crippen LogP contribution in [-0.4, -0.2) is 6.54 Å². The van der Waals surface area contributed by atoms with E-state index >= 15 is 0 Å². The Morgan fingerprint density at radius 1 is 1.11 bits per heavy atom. The highest BCUT2D eigenvalue weighted by molar-refractivity contribution is 6.30. The number of aryl methyl sites for hydroxylation is 2. The van der Waals surface area contributed by atoms with Gasteiger partial charge >= 0.3 is 0 Å². The Labute approximate surface area is 119 Å². The highest BCUT2D eigenvalue weighted by Crippen LogP contribution is 2.32. The van der Waals surface area contributed by atoms with Crippen LogP contribution in [0.15, 0.2) is 36.4 Å². The zero-order valence-electron chi connectivity index (χ0n) is 11.2. The molecule has 0 atom stereocenters. The largest absolute Gasteiger partial charge is 0.457 e. The minimum absolute atomic E-state index is 0.610. The highest BCUT2D eigenvalue weighted by atomic mass is 35.5. The first-order valence-electron chi connectivity index (χ1n) is 6.34. The Bertz CT molecular complexity index is 558. The number of ether oxygens (including phenoxy) is 1. The minimum atomic E-state index is 0.610. The van der Waals surface area contributed by atoms with Crippen molar-refractivity contribution in [3.63, 3.8) is 0 Å². The van der Waals surface area contributed by atoms with Crippen LogP contribution in [-0.2, 0) is 6.42 Å². The van der Waals surface area contributed by atoms with Gasteiger partial charge in [-0.25, -0.2) is 0 Å². The van der Waals surface area contributed by atoms with Crippen molar-refractivity contribution in [3.05, 3.63) is 58.1 Å². The molecule has 19 heavy (non-hydrogen) atoms. The zero-order valence-corrected chi connectivity index (χ0v) is 12.0. The molecule has 2 aromatic rings. The lowest BCUT2D eigenvalue weighted by atomic mass is 10.1. The van der Waals surface area contributed by atoms with Crippen LogP contribution in [0.3, 0.4) is 0 Å². The number of nitrogens with two attached hydrogens (primary N) is 1. The van der Waals surface area contributed by atoms with Gasteiger partial charge in [-0.05, 0) is 61.7 Å². The van der Waals surface area contributed by atoms with E-state index in [2.05, 4.69) is 0 Å². The number of benzene rings is 2. The van der Waals surface area contributed by atoms with Gasteiger partial charge in [0.2, 0.25) is 0 Å². The topological polar surface area (TPSA) is 35.2 Å². The zero-order chi connectivity index (χ0) is 13.8. The van der Waals surface area contributed by atoms with Crippen LogP contribution in [0.4, 0.5) is 0 Å². The maximum Gasteiger partial charge on any atom is 0.133 e. The first-order valence-corrected chi connectivity index (χ1v) is 6.72. The van der Waals surface area contributed by atoms with Crippen LogP contribution in [0.1, 0.15) is 16.7 Å². The molecule has 2 aromatic carbocycles. The number of rotatable bonds is 4. The fourth-order valence-electron chi connectivity index (χ4n) is 2.13. The molecule has 0 aliphatic rings.